The van der Waals surface area contributed by atoms with Crippen molar-refractivity contribution >= 4 is 11.6 Å². The molecule has 0 amide bonds. The number of aromatic hydroxyl groups is 1. The lowest BCUT2D eigenvalue weighted by Crippen LogP contribution is -2.53. The van der Waals surface area contributed by atoms with E-state index in [0.29, 0.717) is 11.1 Å². The highest BCUT2D eigenvalue weighted by atomic mass is 35.5. The summed E-state index contributed by atoms with van der Waals surface area (Å²) < 4.78 is 0. The Balaban J connectivity index is 2.24. The van der Waals surface area contributed by atoms with E-state index in [4.69, 9.17) is 11.6 Å². The molecule has 21 heavy (non-hydrogen) atoms. The van der Waals surface area contributed by atoms with Crippen LogP contribution in [-0.4, -0.2) is 47.1 Å². The molecule has 0 aliphatic carbocycles. The Hall–Kier alpha value is -1.28. The molecule has 5 heteroatoms. The van der Waals surface area contributed by atoms with E-state index >= 15 is 0 Å². The first kappa shape index (κ1) is 16.1. The van der Waals surface area contributed by atoms with Crippen LogP contribution in [0, 0.1) is 11.3 Å². The quantitative estimate of drug-likeness (QED) is 0.929. The summed E-state index contributed by atoms with van der Waals surface area (Å²) in [6, 6.07) is 7.50. The SMILES string of the molecule is CCC1CN(CC)CCN1C(C#N)c1ccc(O)c(Cl)c1. The van der Waals surface area contributed by atoms with Crippen LogP contribution in [0.15, 0.2) is 18.2 Å². The summed E-state index contributed by atoms with van der Waals surface area (Å²) in [5, 5.41) is 19.5. The van der Waals surface area contributed by atoms with Gasteiger partial charge in [0, 0.05) is 25.7 Å². The number of nitriles is 1. The third kappa shape index (κ3) is 3.49. The normalized spacial score (nSPS) is 21.9. The summed E-state index contributed by atoms with van der Waals surface area (Å²) in [7, 11) is 0. The molecule has 4 nitrogen and oxygen atoms in total. The largest absolute Gasteiger partial charge is 0.506 e. The molecule has 2 unspecified atom stereocenters. The van der Waals surface area contributed by atoms with Gasteiger partial charge in [-0.05, 0) is 30.7 Å². The molecule has 0 radical (unpaired) electrons. The zero-order valence-corrected chi connectivity index (χ0v) is 13.3. The van der Waals surface area contributed by atoms with Crippen molar-refractivity contribution in [1.82, 2.24) is 9.80 Å². The molecule has 1 saturated heterocycles. The fourth-order valence-corrected chi connectivity index (χ4v) is 3.15. The molecule has 1 heterocycles. The lowest BCUT2D eigenvalue weighted by Gasteiger charge is -2.43. The van der Waals surface area contributed by atoms with Crippen molar-refractivity contribution in [2.45, 2.75) is 32.4 Å². The highest BCUT2D eigenvalue weighted by Gasteiger charge is 2.31. The lowest BCUT2D eigenvalue weighted by atomic mass is 10.0. The topological polar surface area (TPSA) is 50.5 Å². The maximum atomic E-state index is 9.62. The number of phenols is 1. The number of halogens is 1. The number of rotatable bonds is 4. The molecule has 1 N–H and O–H groups in total. The average molecular weight is 308 g/mol. The molecule has 1 aliphatic heterocycles. The molecule has 0 saturated carbocycles. The summed E-state index contributed by atoms with van der Waals surface area (Å²) in [6.07, 6.45) is 1.01. The van der Waals surface area contributed by atoms with Crippen molar-refractivity contribution in [3.63, 3.8) is 0 Å². The fourth-order valence-electron chi connectivity index (χ4n) is 2.96. The first-order valence-electron chi connectivity index (χ1n) is 7.46. The molecule has 1 aromatic carbocycles. The van der Waals surface area contributed by atoms with E-state index in [1.54, 1.807) is 18.2 Å². The van der Waals surface area contributed by atoms with Gasteiger partial charge < -0.3 is 10.0 Å². The Bertz CT molecular complexity index is 529. The summed E-state index contributed by atoms with van der Waals surface area (Å²) in [4.78, 5) is 4.68. The zero-order valence-electron chi connectivity index (χ0n) is 12.6. The number of hydrogen-bond donors (Lipinski definition) is 1. The Morgan fingerprint density at radius 3 is 2.76 bits per heavy atom. The molecule has 2 atom stereocenters. The summed E-state index contributed by atoms with van der Waals surface area (Å²) in [6.45, 7) is 8.24. The Morgan fingerprint density at radius 2 is 2.19 bits per heavy atom. The van der Waals surface area contributed by atoms with Crippen LogP contribution < -0.4 is 0 Å². The first-order chi connectivity index (χ1) is 10.1. The van der Waals surface area contributed by atoms with Crippen molar-refractivity contribution in [3.05, 3.63) is 28.8 Å². The monoisotopic (exact) mass is 307 g/mol. The minimum absolute atomic E-state index is 0.0555. The second-order valence-electron chi connectivity index (χ2n) is 5.44. The Labute approximate surface area is 131 Å². The van der Waals surface area contributed by atoms with Gasteiger partial charge in [-0.15, -0.1) is 0 Å². The summed E-state index contributed by atoms with van der Waals surface area (Å²) >= 11 is 5.98. The van der Waals surface area contributed by atoms with Crippen LogP contribution in [0.25, 0.3) is 0 Å². The van der Waals surface area contributed by atoms with Gasteiger partial charge in [0.05, 0.1) is 11.1 Å². The molecule has 1 fully saturated rings. The minimum atomic E-state index is -0.313. The van der Waals surface area contributed by atoms with E-state index in [1.165, 1.54) is 0 Å². The highest BCUT2D eigenvalue weighted by molar-refractivity contribution is 6.32. The summed E-state index contributed by atoms with van der Waals surface area (Å²) in [5.74, 6) is 0.0555. The molecular formula is C16H22ClN3O. The standard InChI is InChI=1S/C16H22ClN3O/c1-3-13-11-19(4-2)7-8-20(13)15(10-18)12-5-6-16(21)14(17)9-12/h5-6,9,13,15,21H,3-4,7-8,11H2,1-2H3. The van der Waals surface area contributed by atoms with E-state index < -0.39 is 0 Å². The number of phenolic OH excluding ortho intramolecular Hbond substituents is 1. The van der Waals surface area contributed by atoms with Crippen LogP contribution in [0.5, 0.6) is 5.75 Å². The van der Waals surface area contributed by atoms with Crippen molar-refractivity contribution in [1.29, 1.82) is 5.26 Å². The predicted molar refractivity (Wildman–Crippen MR) is 84.4 cm³/mol. The van der Waals surface area contributed by atoms with Gasteiger partial charge in [0.15, 0.2) is 0 Å². The van der Waals surface area contributed by atoms with Gasteiger partial charge >= 0.3 is 0 Å². The second kappa shape index (κ2) is 7.13. The third-order valence-electron chi connectivity index (χ3n) is 4.27. The van der Waals surface area contributed by atoms with Crippen LogP contribution in [0.3, 0.4) is 0 Å². The molecule has 0 bridgehead atoms. The van der Waals surface area contributed by atoms with Crippen molar-refractivity contribution < 1.29 is 5.11 Å². The number of piperazine rings is 1. The first-order valence-corrected chi connectivity index (χ1v) is 7.84. The van der Waals surface area contributed by atoms with E-state index in [1.807, 2.05) is 0 Å². The maximum Gasteiger partial charge on any atom is 0.134 e. The zero-order chi connectivity index (χ0) is 15.4. The Kier molecular flexibility index (Phi) is 5.46. The third-order valence-corrected chi connectivity index (χ3v) is 4.57. The van der Waals surface area contributed by atoms with Crippen LogP contribution in [-0.2, 0) is 0 Å². The maximum absolute atomic E-state index is 9.62. The highest BCUT2D eigenvalue weighted by Crippen LogP contribution is 2.31. The Morgan fingerprint density at radius 1 is 1.43 bits per heavy atom. The van der Waals surface area contributed by atoms with Gasteiger partial charge in [-0.2, -0.15) is 5.26 Å². The second-order valence-corrected chi connectivity index (χ2v) is 5.84. The van der Waals surface area contributed by atoms with Crippen molar-refractivity contribution in [3.8, 4) is 11.8 Å². The van der Waals surface area contributed by atoms with Gasteiger partial charge in [-0.3, -0.25) is 4.90 Å². The van der Waals surface area contributed by atoms with Crippen LogP contribution in [0.2, 0.25) is 5.02 Å². The van der Waals surface area contributed by atoms with Gasteiger partial charge in [0.2, 0.25) is 0 Å². The van der Waals surface area contributed by atoms with Crippen molar-refractivity contribution in [2.75, 3.05) is 26.2 Å². The number of nitrogens with zero attached hydrogens (tertiary/aromatic N) is 3. The van der Waals surface area contributed by atoms with Gasteiger partial charge in [-0.25, -0.2) is 0 Å². The van der Waals surface area contributed by atoms with Gasteiger partial charge in [-0.1, -0.05) is 31.5 Å². The van der Waals surface area contributed by atoms with E-state index in [9.17, 15) is 10.4 Å². The van der Waals surface area contributed by atoms with Crippen molar-refractivity contribution in [2.24, 2.45) is 0 Å². The molecule has 1 aliphatic rings. The summed E-state index contributed by atoms with van der Waals surface area (Å²) in [5.41, 5.74) is 0.851. The van der Waals surface area contributed by atoms with Crippen LogP contribution in [0.4, 0.5) is 0 Å². The lowest BCUT2D eigenvalue weighted by molar-refractivity contribution is 0.0569. The minimum Gasteiger partial charge on any atom is -0.506 e. The van der Waals surface area contributed by atoms with Crippen LogP contribution in [0.1, 0.15) is 31.9 Å². The molecule has 0 aromatic heterocycles. The number of likely N-dealkylation sites (N-methyl/N-ethyl adjacent to an activating group) is 1. The molecular weight excluding hydrogens is 286 g/mol. The van der Waals surface area contributed by atoms with E-state index in [0.717, 1.165) is 38.2 Å². The predicted octanol–water partition coefficient (Wildman–Crippen LogP) is 3.03. The van der Waals surface area contributed by atoms with Crippen LogP contribution >= 0.6 is 11.6 Å². The molecule has 0 spiro atoms. The van der Waals surface area contributed by atoms with Gasteiger partial charge in [0.1, 0.15) is 11.8 Å². The molecule has 1 aromatic rings. The fraction of sp³-hybridized carbons (Fsp3) is 0.562. The number of benzene rings is 1. The average Bonchev–Trinajstić information content (AvgIpc) is 2.51. The molecule has 114 valence electrons. The van der Waals surface area contributed by atoms with Gasteiger partial charge in [0.25, 0.3) is 0 Å². The number of hydrogen-bond acceptors (Lipinski definition) is 4. The molecule has 2 rings (SSSR count). The van der Waals surface area contributed by atoms with E-state index in [-0.39, 0.29) is 11.8 Å². The smallest absolute Gasteiger partial charge is 0.134 e. The van der Waals surface area contributed by atoms with E-state index in [2.05, 4.69) is 29.7 Å².